The molecule has 3 heterocycles. The van der Waals surface area contributed by atoms with Gasteiger partial charge in [0.15, 0.2) is 24.3 Å². The Morgan fingerprint density at radius 3 is 1.71 bits per heavy atom. The van der Waals surface area contributed by atoms with Crippen molar-refractivity contribution in [2.24, 2.45) is 0 Å². The Labute approximate surface area is 401 Å². The average molecular weight is 937 g/mol. The quantitative estimate of drug-likeness (QED) is 0.0580. The summed E-state index contributed by atoms with van der Waals surface area (Å²) < 4.78 is 64.6. The van der Waals surface area contributed by atoms with Crippen LogP contribution in [0.3, 0.4) is 0 Å². The van der Waals surface area contributed by atoms with Crippen LogP contribution in [-0.4, -0.2) is 91.2 Å². The molecule has 9 rings (SSSR count). The highest BCUT2D eigenvalue weighted by Crippen LogP contribution is 2.46. The zero-order valence-electron chi connectivity index (χ0n) is 38.2. The first kappa shape index (κ1) is 47.9. The summed E-state index contributed by atoms with van der Waals surface area (Å²) in [7, 11) is 0. The third-order valence-electron chi connectivity index (χ3n) is 12.4. The smallest absolute Gasteiger partial charge is 0.338 e. The van der Waals surface area contributed by atoms with Gasteiger partial charge in [-0.2, -0.15) is 0 Å². The molecule has 13 nitrogen and oxygen atoms in total. The molecule has 0 saturated carbocycles. The Balaban J connectivity index is 1.02. The van der Waals surface area contributed by atoms with E-state index in [1.165, 1.54) is 0 Å². The van der Waals surface area contributed by atoms with E-state index in [1.54, 1.807) is 54.6 Å². The molecule has 0 aromatic heterocycles. The van der Waals surface area contributed by atoms with E-state index in [0.717, 1.165) is 22.3 Å². The number of esters is 2. The minimum absolute atomic E-state index is 0.0650. The molecule has 13 heteroatoms. The molecule has 1 N–H and O–H groups in total. The van der Waals surface area contributed by atoms with Crippen LogP contribution in [0.4, 0.5) is 0 Å². The van der Waals surface area contributed by atoms with Crippen molar-refractivity contribution in [3.05, 3.63) is 215 Å². The first-order chi connectivity index (χ1) is 33.8. The predicted molar refractivity (Wildman–Crippen MR) is 251 cm³/mol. The van der Waals surface area contributed by atoms with Crippen LogP contribution in [0.1, 0.15) is 55.5 Å². The highest BCUT2D eigenvalue weighted by molar-refractivity contribution is 5.91. The minimum Gasteiger partial charge on any atom is -0.457 e. The van der Waals surface area contributed by atoms with Gasteiger partial charge in [-0.3, -0.25) is 0 Å². The van der Waals surface area contributed by atoms with Crippen LogP contribution in [0.15, 0.2) is 176 Å². The molecule has 69 heavy (non-hydrogen) atoms. The van der Waals surface area contributed by atoms with E-state index in [9.17, 15) is 14.7 Å². The van der Waals surface area contributed by atoms with Gasteiger partial charge in [-0.25, -0.2) is 9.59 Å². The molecule has 3 saturated heterocycles. The van der Waals surface area contributed by atoms with Crippen LogP contribution < -0.4 is 0 Å². The maximum atomic E-state index is 14.1. The number of aliphatic hydroxyl groups is 1. The standard InChI is InChI=1S/C56H56O13/c1-38-47(61-32-40-21-9-3-10-22-40)48(69-55-50(57)56(37-65-56)51(62-33-41-23-11-4-12-24-41)46(67-55)36-60-31-39-19-7-2-8-20-39)49(68-52(58)43-27-15-6-16-28-43)54(66-38)64-35-44-29-17-18-30-45(44)53(59)63-34-42-25-13-5-14-26-42/h2-30,38,46-51,54-55,57H,31-37H2,1H3/t38-,46+,47-,48+,49+,50+,51+,54+,55+,56+/m0/s1. The number of hydrogen-bond donors (Lipinski definition) is 1. The third kappa shape index (κ3) is 12.0. The van der Waals surface area contributed by atoms with E-state index >= 15 is 0 Å². The van der Waals surface area contributed by atoms with Crippen molar-refractivity contribution in [3.8, 4) is 0 Å². The maximum Gasteiger partial charge on any atom is 0.338 e. The van der Waals surface area contributed by atoms with Gasteiger partial charge >= 0.3 is 11.9 Å². The number of carbonyl (C=O) groups excluding carboxylic acids is 2. The molecule has 0 radical (unpaired) electrons. The Morgan fingerprint density at radius 2 is 1.10 bits per heavy atom. The fourth-order valence-electron chi connectivity index (χ4n) is 8.68. The first-order valence-electron chi connectivity index (χ1n) is 23.2. The largest absolute Gasteiger partial charge is 0.457 e. The fourth-order valence-corrected chi connectivity index (χ4v) is 8.68. The molecule has 3 fully saturated rings. The Morgan fingerprint density at radius 1 is 0.565 bits per heavy atom. The molecule has 10 atom stereocenters. The lowest BCUT2D eigenvalue weighted by Gasteiger charge is -2.48. The van der Waals surface area contributed by atoms with E-state index in [1.807, 2.05) is 128 Å². The zero-order chi connectivity index (χ0) is 47.4. The van der Waals surface area contributed by atoms with Crippen molar-refractivity contribution in [2.75, 3.05) is 13.2 Å². The molecule has 6 aromatic carbocycles. The Hall–Kier alpha value is -6.10. The second-order valence-corrected chi connectivity index (χ2v) is 17.3. The van der Waals surface area contributed by atoms with Crippen molar-refractivity contribution >= 4 is 11.9 Å². The van der Waals surface area contributed by atoms with E-state index in [0.29, 0.717) is 17.7 Å². The van der Waals surface area contributed by atoms with Gasteiger partial charge in [0.05, 0.1) is 56.9 Å². The van der Waals surface area contributed by atoms with E-state index < -0.39 is 72.8 Å². The van der Waals surface area contributed by atoms with Crippen LogP contribution in [0.5, 0.6) is 0 Å². The molecule has 0 aliphatic carbocycles. The summed E-state index contributed by atoms with van der Waals surface area (Å²) in [5, 5.41) is 12.4. The molecular weight excluding hydrogens is 881 g/mol. The van der Waals surface area contributed by atoms with Crippen LogP contribution >= 0.6 is 0 Å². The van der Waals surface area contributed by atoms with Crippen LogP contribution in [0.2, 0.25) is 0 Å². The van der Waals surface area contributed by atoms with Gasteiger partial charge in [0.2, 0.25) is 0 Å². The predicted octanol–water partition coefficient (Wildman–Crippen LogP) is 8.16. The van der Waals surface area contributed by atoms with Crippen LogP contribution in [-0.2, 0) is 80.4 Å². The molecule has 0 amide bonds. The highest BCUT2D eigenvalue weighted by Gasteiger charge is 2.67. The molecule has 1 spiro atoms. The van der Waals surface area contributed by atoms with Crippen molar-refractivity contribution in [1.82, 2.24) is 0 Å². The van der Waals surface area contributed by atoms with Gasteiger partial charge in [0.25, 0.3) is 0 Å². The van der Waals surface area contributed by atoms with Crippen LogP contribution in [0.25, 0.3) is 0 Å². The number of hydrogen-bond acceptors (Lipinski definition) is 13. The highest BCUT2D eigenvalue weighted by atomic mass is 16.8. The summed E-state index contributed by atoms with van der Waals surface area (Å²) in [6.07, 6.45) is -9.72. The Kier molecular flexibility index (Phi) is 16.0. The molecule has 3 aliphatic heterocycles. The van der Waals surface area contributed by atoms with Crippen molar-refractivity contribution in [2.45, 2.75) is 101 Å². The lowest BCUT2D eigenvalue weighted by atomic mass is 9.88. The number of ether oxygens (including phenoxy) is 10. The summed E-state index contributed by atoms with van der Waals surface area (Å²) in [6, 6.07) is 54.0. The number of epoxide rings is 1. The van der Waals surface area contributed by atoms with Crippen molar-refractivity contribution in [1.29, 1.82) is 0 Å². The van der Waals surface area contributed by atoms with Crippen molar-refractivity contribution in [3.63, 3.8) is 0 Å². The molecule has 0 bridgehead atoms. The van der Waals surface area contributed by atoms with Gasteiger partial charge in [0.1, 0.15) is 37.1 Å². The molecule has 3 aliphatic rings. The van der Waals surface area contributed by atoms with Gasteiger partial charge in [-0.1, -0.05) is 158 Å². The number of carbonyl (C=O) groups is 2. The lowest BCUT2D eigenvalue weighted by Crippen LogP contribution is -2.66. The lowest BCUT2D eigenvalue weighted by molar-refractivity contribution is -0.361. The fraction of sp³-hybridized carbons (Fsp3) is 0.321. The van der Waals surface area contributed by atoms with Gasteiger partial charge in [-0.15, -0.1) is 0 Å². The average Bonchev–Trinajstić information content (AvgIpc) is 4.20. The van der Waals surface area contributed by atoms with Crippen LogP contribution in [0, 0.1) is 0 Å². The maximum absolute atomic E-state index is 14.1. The first-order valence-corrected chi connectivity index (χ1v) is 23.2. The Bertz CT molecular complexity index is 2530. The number of rotatable bonds is 20. The summed E-state index contributed by atoms with van der Waals surface area (Å²) in [5.41, 5.74) is 3.48. The number of aliphatic hydroxyl groups excluding tert-OH is 1. The summed E-state index contributed by atoms with van der Waals surface area (Å²) in [4.78, 5) is 27.7. The zero-order valence-corrected chi connectivity index (χ0v) is 38.2. The van der Waals surface area contributed by atoms with E-state index in [-0.39, 0.29) is 45.2 Å². The minimum atomic E-state index is -1.38. The second-order valence-electron chi connectivity index (χ2n) is 17.3. The molecule has 0 unspecified atom stereocenters. The summed E-state index contributed by atoms with van der Waals surface area (Å²) in [5.74, 6) is -1.21. The van der Waals surface area contributed by atoms with Gasteiger partial charge in [0, 0.05) is 0 Å². The summed E-state index contributed by atoms with van der Waals surface area (Å²) in [6.45, 7) is 2.65. The normalized spacial score (nSPS) is 26.3. The number of benzene rings is 6. The van der Waals surface area contributed by atoms with E-state index in [2.05, 4.69) is 0 Å². The van der Waals surface area contributed by atoms with Crippen molar-refractivity contribution < 1.29 is 62.1 Å². The molecular formula is C56H56O13. The van der Waals surface area contributed by atoms with E-state index in [4.69, 9.17) is 47.4 Å². The summed E-state index contributed by atoms with van der Waals surface area (Å²) >= 11 is 0. The monoisotopic (exact) mass is 936 g/mol. The molecule has 358 valence electrons. The van der Waals surface area contributed by atoms with Gasteiger partial charge in [-0.05, 0) is 52.9 Å². The SMILES string of the molecule is C[C@@H]1O[C@@H](OCc2ccccc2C(=O)OCc2ccccc2)[C@H](OC(=O)c2ccccc2)[C@H](O[C@H]2O[C@H](COCc3ccccc3)[C@@H](OCc3ccccc3)[C@@]3(CO3)[C@@H]2O)[C@H]1OCc1ccccc1. The second kappa shape index (κ2) is 23.0. The molecule has 6 aromatic rings. The van der Waals surface area contributed by atoms with Gasteiger partial charge < -0.3 is 52.5 Å². The topological polar surface area (TPSA) is 150 Å². The third-order valence-corrected chi connectivity index (χ3v) is 12.4.